The van der Waals surface area contributed by atoms with Crippen molar-refractivity contribution in [1.29, 1.82) is 0 Å². The molecule has 112 valence electrons. The zero-order chi connectivity index (χ0) is 14.3. The predicted octanol–water partition coefficient (Wildman–Crippen LogP) is 2.81. The van der Waals surface area contributed by atoms with E-state index in [1.54, 1.807) is 6.33 Å². The molecule has 21 heavy (non-hydrogen) atoms. The lowest BCUT2D eigenvalue weighted by molar-refractivity contribution is -0.160. The number of rotatable bonds is 3. The third-order valence-corrected chi connectivity index (χ3v) is 5.35. The van der Waals surface area contributed by atoms with E-state index in [1.807, 2.05) is 0 Å². The lowest BCUT2D eigenvalue weighted by Crippen LogP contribution is -2.58. The lowest BCUT2D eigenvalue weighted by atomic mass is 9.62. The second-order valence-electron chi connectivity index (χ2n) is 6.31. The zero-order valence-electron chi connectivity index (χ0n) is 12.6. The molecule has 4 rings (SSSR count). The van der Waals surface area contributed by atoms with Crippen LogP contribution in [0.15, 0.2) is 24.5 Å². The Morgan fingerprint density at radius 3 is 2.86 bits per heavy atom. The SMILES string of the molecule is CCOC1(c2cccc3[nH]cnc23)C2CCCC1CNC2. The zero-order valence-corrected chi connectivity index (χ0v) is 12.6. The highest BCUT2D eigenvalue weighted by molar-refractivity contribution is 5.79. The monoisotopic (exact) mass is 285 g/mol. The van der Waals surface area contributed by atoms with Gasteiger partial charge in [-0.1, -0.05) is 18.6 Å². The Labute approximate surface area is 125 Å². The van der Waals surface area contributed by atoms with Gasteiger partial charge in [-0.3, -0.25) is 0 Å². The van der Waals surface area contributed by atoms with Crippen LogP contribution in [-0.2, 0) is 10.3 Å². The summed E-state index contributed by atoms with van der Waals surface area (Å²) in [5, 5.41) is 3.60. The Kier molecular flexibility index (Phi) is 3.23. The Morgan fingerprint density at radius 1 is 1.29 bits per heavy atom. The normalized spacial score (nSPS) is 32.4. The summed E-state index contributed by atoms with van der Waals surface area (Å²) < 4.78 is 6.51. The topological polar surface area (TPSA) is 49.9 Å². The molecule has 2 aromatic rings. The molecule has 0 amide bonds. The van der Waals surface area contributed by atoms with Gasteiger partial charge in [0, 0.05) is 37.1 Å². The van der Waals surface area contributed by atoms with E-state index in [0.717, 1.165) is 30.7 Å². The largest absolute Gasteiger partial charge is 0.370 e. The number of piperidine rings is 1. The molecule has 1 saturated carbocycles. The number of hydrogen-bond acceptors (Lipinski definition) is 3. The molecule has 1 aromatic heterocycles. The maximum atomic E-state index is 6.51. The highest BCUT2D eigenvalue weighted by Gasteiger charge is 2.52. The summed E-state index contributed by atoms with van der Waals surface area (Å²) in [4.78, 5) is 7.83. The number of para-hydroxylation sites is 1. The standard InChI is InChI=1S/C17H23N3O/c1-2-21-17(12-5-3-6-13(17)10-18-9-12)14-7-4-8-15-16(14)20-11-19-15/h4,7-8,11-13,18H,2-3,5-6,9-10H2,1H3,(H,19,20). The fourth-order valence-electron chi connectivity index (χ4n) is 4.58. The van der Waals surface area contributed by atoms with E-state index in [1.165, 1.54) is 24.8 Å². The number of fused-ring (bicyclic) bond motifs is 3. The minimum Gasteiger partial charge on any atom is -0.370 e. The van der Waals surface area contributed by atoms with Crippen molar-refractivity contribution < 1.29 is 4.74 Å². The van der Waals surface area contributed by atoms with Crippen molar-refractivity contribution in [2.75, 3.05) is 19.7 Å². The van der Waals surface area contributed by atoms with Gasteiger partial charge in [0.25, 0.3) is 0 Å². The number of imidazole rings is 1. The van der Waals surface area contributed by atoms with Crippen molar-refractivity contribution in [2.45, 2.75) is 31.8 Å². The van der Waals surface area contributed by atoms with Gasteiger partial charge in [0.05, 0.1) is 17.4 Å². The summed E-state index contributed by atoms with van der Waals surface area (Å²) >= 11 is 0. The molecule has 2 atom stereocenters. The molecule has 2 fully saturated rings. The number of aromatic amines is 1. The molecular weight excluding hydrogens is 262 g/mol. The first-order valence-electron chi connectivity index (χ1n) is 8.13. The summed E-state index contributed by atoms with van der Waals surface area (Å²) in [7, 11) is 0. The van der Waals surface area contributed by atoms with Gasteiger partial charge in [-0.25, -0.2) is 4.98 Å². The van der Waals surface area contributed by atoms with Crippen LogP contribution in [0.3, 0.4) is 0 Å². The van der Waals surface area contributed by atoms with Gasteiger partial charge >= 0.3 is 0 Å². The Bertz CT molecular complexity index is 614. The van der Waals surface area contributed by atoms with Gasteiger partial charge in [0.15, 0.2) is 0 Å². The lowest BCUT2D eigenvalue weighted by Gasteiger charge is -2.53. The van der Waals surface area contributed by atoms with Crippen molar-refractivity contribution >= 4 is 11.0 Å². The van der Waals surface area contributed by atoms with Crippen molar-refractivity contribution in [1.82, 2.24) is 15.3 Å². The van der Waals surface area contributed by atoms with E-state index in [9.17, 15) is 0 Å². The van der Waals surface area contributed by atoms with Crippen molar-refractivity contribution in [3.8, 4) is 0 Å². The molecule has 0 radical (unpaired) electrons. The second kappa shape index (κ2) is 5.11. The van der Waals surface area contributed by atoms with Gasteiger partial charge in [-0.15, -0.1) is 0 Å². The van der Waals surface area contributed by atoms with E-state index < -0.39 is 0 Å². The average molecular weight is 285 g/mol. The van der Waals surface area contributed by atoms with Gasteiger partial charge in [-0.2, -0.15) is 0 Å². The third-order valence-electron chi connectivity index (χ3n) is 5.35. The Balaban J connectivity index is 1.93. The van der Waals surface area contributed by atoms with E-state index in [0.29, 0.717) is 11.8 Å². The highest BCUT2D eigenvalue weighted by atomic mass is 16.5. The molecule has 1 saturated heterocycles. The minimum absolute atomic E-state index is 0.160. The number of aromatic nitrogens is 2. The number of H-pyrrole nitrogens is 1. The van der Waals surface area contributed by atoms with Gasteiger partial charge < -0.3 is 15.0 Å². The van der Waals surface area contributed by atoms with Gasteiger partial charge in [0.1, 0.15) is 5.60 Å². The first-order valence-corrected chi connectivity index (χ1v) is 8.13. The van der Waals surface area contributed by atoms with E-state index in [4.69, 9.17) is 4.74 Å². The number of hydrogen-bond donors (Lipinski definition) is 2. The van der Waals surface area contributed by atoms with Crippen LogP contribution in [-0.4, -0.2) is 29.7 Å². The van der Waals surface area contributed by atoms with Crippen LogP contribution < -0.4 is 5.32 Å². The molecule has 4 nitrogen and oxygen atoms in total. The third kappa shape index (κ3) is 1.86. The average Bonchev–Trinajstić information content (AvgIpc) is 2.95. The van der Waals surface area contributed by atoms with Crippen molar-refractivity contribution in [2.24, 2.45) is 11.8 Å². The highest BCUT2D eigenvalue weighted by Crippen LogP contribution is 2.51. The molecule has 1 aliphatic carbocycles. The van der Waals surface area contributed by atoms with Crippen molar-refractivity contribution in [3.63, 3.8) is 0 Å². The molecular formula is C17H23N3O. The number of nitrogens with zero attached hydrogens (tertiary/aromatic N) is 1. The summed E-state index contributed by atoms with van der Waals surface area (Å²) in [5.41, 5.74) is 3.33. The molecule has 1 aromatic carbocycles. The van der Waals surface area contributed by atoms with Gasteiger partial charge in [-0.05, 0) is 25.8 Å². The Morgan fingerprint density at radius 2 is 2.10 bits per heavy atom. The maximum Gasteiger partial charge on any atom is 0.103 e. The molecule has 1 aliphatic heterocycles. The minimum atomic E-state index is -0.160. The smallest absolute Gasteiger partial charge is 0.103 e. The fourth-order valence-corrected chi connectivity index (χ4v) is 4.58. The molecule has 2 bridgehead atoms. The van der Waals surface area contributed by atoms with Gasteiger partial charge in [0.2, 0.25) is 0 Å². The summed E-state index contributed by atoms with van der Waals surface area (Å²) in [6.45, 7) is 4.98. The quantitative estimate of drug-likeness (QED) is 0.911. The summed E-state index contributed by atoms with van der Waals surface area (Å²) in [5.74, 6) is 1.10. The molecule has 2 unspecified atom stereocenters. The van der Waals surface area contributed by atoms with Crippen LogP contribution in [0.4, 0.5) is 0 Å². The first-order chi connectivity index (χ1) is 10.4. The molecule has 4 heteroatoms. The summed E-state index contributed by atoms with van der Waals surface area (Å²) in [6, 6.07) is 6.46. The van der Waals surface area contributed by atoms with Crippen molar-refractivity contribution in [3.05, 3.63) is 30.1 Å². The van der Waals surface area contributed by atoms with E-state index >= 15 is 0 Å². The Hall–Kier alpha value is -1.39. The van der Waals surface area contributed by atoms with Crippen LogP contribution in [0.25, 0.3) is 11.0 Å². The van der Waals surface area contributed by atoms with Crippen LogP contribution in [0.5, 0.6) is 0 Å². The number of nitrogens with one attached hydrogen (secondary N) is 2. The van der Waals surface area contributed by atoms with E-state index in [2.05, 4.69) is 40.4 Å². The van der Waals surface area contributed by atoms with Crippen LogP contribution in [0.2, 0.25) is 0 Å². The summed E-state index contributed by atoms with van der Waals surface area (Å²) in [6.07, 6.45) is 5.60. The number of ether oxygens (including phenoxy) is 1. The molecule has 2 heterocycles. The van der Waals surface area contributed by atoms with E-state index in [-0.39, 0.29) is 5.60 Å². The molecule has 0 spiro atoms. The second-order valence-corrected chi connectivity index (χ2v) is 6.31. The first kappa shape index (κ1) is 13.3. The van der Waals surface area contributed by atoms with Crippen LogP contribution in [0.1, 0.15) is 31.7 Å². The van der Waals surface area contributed by atoms with Crippen LogP contribution >= 0.6 is 0 Å². The van der Waals surface area contributed by atoms with Crippen LogP contribution in [0, 0.1) is 11.8 Å². The predicted molar refractivity (Wildman–Crippen MR) is 83.1 cm³/mol. The molecule has 2 aliphatic rings. The maximum absolute atomic E-state index is 6.51. The molecule has 2 N–H and O–H groups in total. The number of benzene rings is 1. The fraction of sp³-hybridized carbons (Fsp3) is 0.588.